The number of pyridine rings is 1. The van der Waals surface area contributed by atoms with E-state index in [9.17, 15) is 22.8 Å². The molecule has 0 spiro atoms. The van der Waals surface area contributed by atoms with Gasteiger partial charge in [0.05, 0.1) is 35.0 Å². The first-order valence-corrected chi connectivity index (χ1v) is 8.00. The molecule has 1 amide bonds. The molecule has 0 aliphatic heterocycles. The molecule has 0 unspecified atom stereocenters. The fraction of sp³-hybridized carbons (Fsp3) is 0.222. The summed E-state index contributed by atoms with van der Waals surface area (Å²) in [5.41, 5.74) is -0.167. The number of methoxy groups -OCH3 is 1. The summed E-state index contributed by atoms with van der Waals surface area (Å²) in [4.78, 5) is 28.0. The summed E-state index contributed by atoms with van der Waals surface area (Å²) in [5, 5.41) is 6.44. The molecule has 2 aromatic heterocycles. The lowest BCUT2D eigenvalue weighted by Crippen LogP contribution is -2.30. The van der Waals surface area contributed by atoms with Gasteiger partial charge >= 0.3 is 12.1 Å². The molecule has 0 saturated carbocycles. The fourth-order valence-electron chi connectivity index (χ4n) is 2.60. The molecule has 10 heteroatoms. The van der Waals surface area contributed by atoms with E-state index in [2.05, 4.69) is 20.2 Å². The summed E-state index contributed by atoms with van der Waals surface area (Å²) >= 11 is 0. The van der Waals surface area contributed by atoms with Crippen LogP contribution in [0.1, 0.15) is 21.6 Å². The van der Waals surface area contributed by atoms with Gasteiger partial charge < -0.3 is 14.6 Å². The van der Waals surface area contributed by atoms with Crippen molar-refractivity contribution in [2.75, 3.05) is 13.7 Å². The summed E-state index contributed by atoms with van der Waals surface area (Å²) in [6.07, 6.45) is -4.52. The normalized spacial score (nSPS) is 11.5. The zero-order valence-corrected chi connectivity index (χ0v) is 14.8. The minimum atomic E-state index is -4.52. The second-order valence-corrected chi connectivity index (χ2v) is 5.84. The SMILES string of the molecule is COC(=O)CNC(=O)c1cc(-c2cccc(C(F)(F)F)c2)nc2onc(C)c12. The van der Waals surface area contributed by atoms with Crippen molar-refractivity contribution in [3.05, 3.63) is 47.2 Å². The minimum absolute atomic E-state index is 0.00405. The number of benzene rings is 1. The molecule has 3 aromatic rings. The molecule has 2 heterocycles. The van der Waals surface area contributed by atoms with E-state index >= 15 is 0 Å². The first-order valence-electron chi connectivity index (χ1n) is 8.00. The zero-order chi connectivity index (χ0) is 20.5. The topological polar surface area (TPSA) is 94.3 Å². The van der Waals surface area contributed by atoms with Gasteiger partial charge in [0, 0.05) is 5.56 Å². The number of aromatic nitrogens is 2. The average molecular weight is 393 g/mol. The number of nitrogens with one attached hydrogen (secondary N) is 1. The van der Waals surface area contributed by atoms with Crippen LogP contribution >= 0.6 is 0 Å². The number of halogens is 3. The van der Waals surface area contributed by atoms with E-state index < -0.39 is 23.6 Å². The van der Waals surface area contributed by atoms with Crippen molar-refractivity contribution in [2.24, 2.45) is 0 Å². The molecule has 28 heavy (non-hydrogen) atoms. The summed E-state index contributed by atoms with van der Waals surface area (Å²) < 4.78 is 48.6. The van der Waals surface area contributed by atoms with Gasteiger partial charge in [-0.1, -0.05) is 17.3 Å². The number of ether oxygens (including phenoxy) is 1. The van der Waals surface area contributed by atoms with E-state index in [1.807, 2.05) is 0 Å². The Bertz CT molecular complexity index is 1060. The van der Waals surface area contributed by atoms with Crippen LogP contribution in [0.2, 0.25) is 0 Å². The molecular weight excluding hydrogens is 379 g/mol. The van der Waals surface area contributed by atoms with Crippen molar-refractivity contribution in [1.29, 1.82) is 0 Å². The Morgan fingerprint density at radius 1 is 1.25 bits per heavy atom. The number of carbonyl (C=O) groups excluding carboxylic acids is 2. The van der Waals surface area contributed by atoms with Crippen LogP contribution in [0.3, 0.4) is 0 Å². The lowest BCUT2D eigenvalue weighted by molar-refractivity contribution is -0.139. The Labute approximate surface area is 156 Å². The quantitative estimate of drug-likeness (QED) is 0.685. The minimum Gasteiger partial charge on any atom is -0.468 e. The maximum atomic E-state index is 13.0. The smallest absolute Gasteiger partial charge is 0.416 e. The number of esters is 1. The third kappa shape index (κ3) is 3.80. The second-order valence-electron chi connectivity index (χ2n) is 5.84. The van der Waals surface area contributed by atoms with Gasteiger partial charge in [-0.25, -0.2) is 4.98 Å². The Kier molecular flexibility index (Phi) is 5.04. The van der Waals surface area contributed by atoms with Crippen LogP contribution in [-0.4, -0.2) is 35.7 Å². The zero-order valence-electron chi connectivity index (χ0n) is 14.8. The molecule has 0 fully saturated rings. The number of hydrogen-bond acceptors (Lipinski definition) is 6. The van der Waals surface area contributed by atoms with Crippen molar-refractivity contribution in [3.8, 4) is 11.3 Å². The number of carbonyl (C=O) groups is 2. The highest BCUT2D eigenvalue weighted by Crippen LogP contribution is 2.33. The van der Waals surface area contributed by atoms with Crippen LogP contribution in [0, 0.1) is 6.92 Å². The van der Waals surface area contributed by atoms with Gasteiger partial charge in [0.15, 0.2) is 0 Å². The number of aryl methyl sites for hydroxylation is 1. The summed E-state index contributed by atoms with van der Waals surface area (Å²) in [5.74, 6) is -1.30. The Balaban J connectivity index is 2.09. The van der Waals surface area contributed by atoms with Crippen molar-refractivity contribution in [3.63, 3.8) is 0 Å². The highest BCUT2D eigenvalue weighted by molar-refractivity contribution is 6.07. The first-order chi connectivity index (χ1) is 13.2. The highest BCUT2D eigenvalue weighted by Gasteiger charge is 2.30. The van der Waals surface area contributed by atoms with Gasteiger partial charge in [-0.3, -0.25) is 9.59 Å². The first kappa shape index (κ1) is 19.3. The van der Waals surface area contributed by atoms with Crippen molar-refractivity contribution >= 4 is 23.0 Å². The molecule has 7 nitrogen and oxygen atoms in total. The lowest BCUT2D eigenvalue weighted by Gasteiger charge is -2.10. The molecule has 1 N–H and O–H groups in total. The molecule has 0 radical (unpaired) electrons. The number of alkyl halides is 3. The molecule has 0 aliphatic carbocycles. The van der Waals surface area contributed by atoms with Gasteiger partial charge in [0.25, 0.3) is 11.6 Å². The predicted octanol–water partition coefficient (Wildman–Crippen LogP) is 3.12. The van der Waals surface area contributed by atoms with E-state index in [1.165, 1.54) is 25.3 Å². The number of hydrogen-bond donors (Lipinski definition) is 1. The Hall–Kier alpha value is -3.43. The summed E-state index contributed by atoms with van der Waals surface area (Å²) in [7, 11) is 1.18. The summed E-state index contributed by atoms with van der Waals surface area (Å²) in [6, 6.07) is 5.86. The average Bonchev–Trinajstić information content (AvgIpc) is 3.05. The molecule has 0 atom stereocenters. The number of rotatable bonds is 4. The maximum Gasteiger partial charge on any atom is 0.416 e. The predicted molar refractivity (Wildman–Crippen MR) is 91.3 cm³/mol. The van der Waals surface area contributed by atoms with Crippen LogP contribution in [0.4, 0.5) is 13.2 Å². The third-order valence-electron chi connectivity index (χ3n) is 3.97. The second kappa shape index (κ2) is 7.29. The standard InChI is InChI=1S/C18H14F3N3O4/c1-9-15-12(16(26)22-8-14(25)27-2)7-13(23-17(15)28-24-9)10-4-3-5-11(6-10)18(19,20)21/h3-7H,8H2,1-2H3,(H,22,26). The van der Waals surface area contributed by atoms with Gasteiger partial charge in [-0.05, 0) is 25.1 Å². The van der Waals surface area contributed by atoms with Crippen LogP contribution in [0.15, 0.2) is 34.9 Å². The van der Waals surface area contributed by atoms with E-state index in [1.54, 1.807) is 6.92 Å². The Morgan fingerprint density at radius 3 is 2.68 bits per heavy atom. The van der Waals surface area contributed by atoms with E-state index in [0.29, 0.717) is 11.1 Å². The van der Waals surface area contributed by atoms with Crippen molar-refractivity contribution in [1.82, 2.24) is 15.5 Å². The molecule has 1 aromatic carbocycles. The largest absolute Gasteiger partial charge is 0.468 e. The van der Waals surface area contributed by atoms with Crippen LogP contribution in [0.25, 0.3) is 22.4 Å². The van der Waals surface area contributed by atoms with Gasteiger partial charge in [-0.2, -0.15) is 13.2 Å². The van der Waals surface area contributed by atoms with Crippen LogP contribution in [-0.2, 0) is 15.7 Å². The van der Waals surface area contributed by atoms with Gasteiger partial charge in [0.2, 0.25) is 0 Å². The molecule has 0 saturated heterocycles. The molecule has 0 bridgehead atoms. The van der Waals surface area contributed by atoms with Crippen molar-refractivity contribution in [2.45, 2.75) is 13.1 Å². The number of nitrogens with zero attached hydrogens (tertiary/aromatic N) is 2. The molecule has 0 aliphatic rings. The maximum absolute atomic E-state index is 13.0. The number of amides is 1. The van der Waals surface area contributed by atoms with E-state index in [-0.39, 0.29) is 29.1 Å². The third-order valence-corrected chi connectivity index (χ3v) is 3.97. The van der Waals surface area contributed by atoms with Crippen LogP contribution in [0.5, 0.6) is 0 Å². The fourth-order valence-corrected chi connectivity index (χ4v) is 2.60. The lowest BCUT2D eigenvalue weighted by atomic mass is 10.0. The van der Waals surface area contributed by atoms with Crippen LogP contribution < -0.4 is 5.32 Å². The molecule has 3 rings (SSSR count). The Morgan fingerprint density at radius 2 is 2.00 bits per heavy atom. The van der Waals surface area contributed by atoms with E-state index in [0.717, 1.165) is 12.1 Å². The summed E-state index contributed by atoms with van der Waals surface area (Å²) in [6.45, 7) is 1.22. The molecular formula is C18H14F3N3O4. The van der Waals surface area contributed by atoms with E-state index in [4.69, 9.17) is 4.52 Å². The highest BCUT2D eigenvalue weighted by atomic mass is 19.4. The molecule has 146 valence electrons. The van der Waals surface area contributed by atoms with Gasteiger partial charge in [-0.15, -0.1) is 0 Å². The monoisotopic (exact) mass is 393 g/mol. The van der Waals surface area contributed by atoms with Gasteiger partial charge in [0.1, 0.15) is 6.54 Å². The number of fused-ring (bicyclic) bond motifs is 1. The van der Waals surface area contributed by atoms with Crippen molar-refractivity contribution < 1.29 is 32.0 Å².